The molecule has 1 aromatic heterocycles. The third-order valence-corrected chi connectivity index (χ3v) is 7.20. The smallest absolute Gasteiger partial charge is 0.254 e. The summed E-state index contributed by atoms with van der Waals surface area (Å²) >= 11 is 0. The first-order valence-electron chi connectivity index (χ1n) is 11.1. The molecule has 1 aliphatic heterocycles. The zero-order valence-corrected chi connectivity index (χ0v) is 20.5. The van der Waals surface area contributed by atoms with E-state index in [-0.39, 0.29) is 45.4 Å². The Labute approximate surface area is 195 Å². The van der Waals surface area contributed by atoms with Crippen molar-refractivity contribution >= 4 is 15.7 Å². The second-order valence-corrected chi connectivity index (χ2v) is 10.2. The van der Waals surface area contributed by atoms with Gasteiger partial charge in [0.25, 0.3) is 15.6 Å². The predicted octanol–water partition coefficient (Wildman–Crippen LogP) is 2.28. The summed E-state index contributed by atoms with van der Waals surface area (Å²) in [6, 6.07) is 6.95. The minimum atomic E-state index is -3.85. The molecule has 0 amide bonds. The van der Waals surface area contributed by atoms with Crippen LogP contribution in [0.2, 0.25) is 0 Å². The number of hydrogen-bond donors (Lipinski definition) is 3. The molecule has 0 radical (unpaired) electrons. The van der Waals surface area contributed by atoms with Crippen molar-refractivity contribution in [2.75, 3.05) is 19.7 Å². The molecule has 1 aliphatic rings. The van der Waals surface area contributed by atoms with Gasteiger partial charge >= 0.3 is 0 Å². The largest absolute Gasteiger partial charge is 0.485 e. The number of nitrogens with one attached hydrogen (secondary N) is 3. The van der Waals surface area contributed by atoms with E-state index in [0.717, 1.165) is 6.42 Å². The summed E-state index contributed by atoms with van der Waals surface area (Å²) in [6.45, 7) is 10.2. The number of aromatic amines is 1. The third kappa shape index (κ3) is 5.27. The third-order valence-electron chi connectivity index (χ3n) is 5.44. The van der Waals surface area contributed by atoms with Gasteiger partial charge in [0, 0.05) is 30.7 Å². The van der Waals surface area contributed by atoms with Gasteiger partial charge in [-0.25, -0.2) is 13.4 Å². The van der Waals surface area contributed by atoms with Crippen LogP contribution in [0, 0.1) is 24.5 Å². The minimum absolute atomic E-state index is 0.0110. The number of ether oxygens (including phenoxy) is 1. The highest BCUT2D eigenvalue weighted by molar-refractivity contribution is 7.89. The molecule has 2 atom stereocenters. The Hall–Kier alpha value is -2.74. The Morgan fingerprint density at radius 3 is 2.55 bits per heavy atom. The van der Waals surface area contributed by atoms with Gasteiger partial charge in [-0.1, -0.05) is 13.3 Å². The van der Waals surface area contributed by atoms with Crippen LogP contribution in [0.4, 0.5) is 0 Å². The van der Waals surface area contributed by atoms with Crippen molar-refractivity contribution < 1.29 is 13.2 Å². The van der Waals surface area contributed by atoms with Crippen molar-refractivity contribution in [2.24, 2.45) is 0 Å². The molecule has 2 heterocycles. The molecule has 178 valence electrons. The molecule has 9 nitrogen and oxygen atoms in total. The van der Waals surface area contributed by atoms with Crippen LogP contribution < -0.4 is 15.6 Å². The summed E-state index contributed by atoms with van der Waals surface area (Å²) in [5.74, 6) is 0.368. The summed E-state index contributed by atoms with van der Waals surface area (Å²) in [5.41, 5.74) is 0.787. The van der Waals surface area contributed by atoms with Crippen LogP contribution in [-0.2, 0) is 10.0 Å². The number of piperazine rings is 1. The second-order valence-electron chi connectivity index (χ2n) is 8.34. The first-order valence-corrected chi connectivity index (χ1v) is 12.6. The van der Waals surface area contributed by atoms with Gasteiger partial charge in [0.05, 0.1) is 23.6 Å². The van der Waals surface area contributed by atoms with Crippen molar-refractivity contribution in [1.82, 2.24) is 19.6 Å². The maximum Gasteiger partial charge on any atom is 0.254 e. The van der Waals surface area contributed by atoms with Crippen LogP contribution in [0.3, 0.4) is 0 Å². The maximum atomic E-state index is 13.4. The number of sulfonamides is 1. The Morgan fingerprint density at radius 1 is 1.27 bits per heavy atom. The Morgan fingerprint density at radius 2 is 1.94 bits per heavy atom. The van der Waals surface area contributed by atoms with Gasteiger partial charge in [0.1, 0.15) is 10.7 Å². The fourth-order valence-electron chi connectivity index (χ4n) is 3.93. The molecule has 0 saturated carbocycles. The summed E-state index contributed by atoms with van der Waals surface area (Å²) < 4.78 is 33.8. The van der Waals surface area contributed by atoms with Crippen LogP contribution >= 0.6 is 0 Å². The highest BCUT2D eigenvalue weighted by atomic mass is 32.2. The van der Waals surface area contributed by atoms with E-state index in [0.29, 0.717) is 37.4 Å². The molecule has 0 unspecified atom stereocenters. The highest BCUT2D eigenvalue weighted by Crippen LogP contribution is 2.29. The lowest BCUT2D eigenvalue weighted by Crippen LogP contribution is -2.55. The monoisotopic (exact) mass is 473 g/mol. The normalized spacial score (nSPS) is 19.2. The molecular weight excluding hydrogens is 442 g/mol. The second kappa shape index (κ2) is 10.0. The van der Waals surface area contributed by atoms with Crippen LogP contribution in [0.1, 0.15) is 51.8 Å². The summed E-state index contributed by atoms with van der Waals surface area (Å²) in [5, 5.41) is 11.6. The van der Waals surface area contributed by atoms with Crippen LogP contribution in [0.15, 0.2) is 15.8 Å². The van der Waals surface area contributed by atoms with E-state index in [2.05, 4.69) is 27.4 Å². The molecule has 2 aromatic rings. The fourth-order valence-corrected chi connectivity index (χ4v) is 5.49. The molecule has 3 rings (SSSR count). The number of hydrogen-bond acceptors (Lipinski definition) is 7. The van der Waals surface area contributed by atoms with Crippen molar-refractivity contribution in [2.45, 2.75) is 64.4 Å². The average Bonchev–Trinajstić information content (AvgIpc) is 2.75. The zero-order valence-electron chi connectivity index (χ0n) is 19.7. The summed E-state index contributed by atoms with van der Waals surface area (Å²) in [7, 11) is -3.85. The van der Waals surface area contributed by atoms with E-state index in [1.165, 1.54) is 10.4 Å². The molecule has 0 bridgehead atoms. The fraction of sp³-hybridized carbons (Fsp3) is 0.522. The lowest BCUT2D eigenvalue weighted by molar-refractivity contribution is 0.263. The van der Waals surface area contributed by atoms with E-state index >= 15 is 0 Å². The van der Waals surface area contributed by atoms with Gasteiger partial charge in [-0.3, -0.25) is 4.79 Å². The van der Waals surface area contributed by atoms with Crippen molar-refractivity contribution in [3.05, 3.63) is 39.8 Å². The van der Waals surface area contributed by atoms with Gasteiger partial charge in [-0.15, -0.1) is 0 Å². The van der Waals surface area contributed by atoms with Gasteiger partial charge in [-0.2, -0.15) is 4.31 Å². The molecule has 1 fully saturated rings. The molecular formula is C23H31N5O4S. The van der Waals surface area contributed by atoms with Gasteiger partial charge in [-0.05, 0) is 52.3 Å². The molecule has 1 aromatic carbocycles. The Balaban J connectivity index is 2.14. The summed E-state index contributed by atoms with van der Waals surface area (Å²) in [4.78, 5) is 19.8. The van der Waals surface area contributed by atoms with Crippen LogP contribution in [0.25, 0.3) is 11.4 Å². The number of rotatable bonds is 8. The van der Waals surface area contributed by atoms with Crippen molar-refractivity contribution in [3.63, 3.8) is 0 Å². The van der Waals surface area contributed by atoms with Crippen LogP contribution in [0.5, 0.6) is 5.75 Å². The van der Waals surface area contributed by atoms with Crippen LogP contribution in [-0.4, -0.2) is 60.2 Å². The quantitative estimate of drug-likeness (QED) is 0.505. The van der Waals surface area contributed by atoms with E-state index in [9.17, 15) is 13.2 Å². The molecule has 10 heteroatoms. The van der Waals surface area contributed by atoms with Crippen molar-refractivity contribution in [3.8, 4) is 17.1 Å². The molecule has 0 spiro atoms. The predicted molar refractivity (Wildman–Crippen MR) is 126 cm³/mol. The van der Waals surface area contributed by atoms with E-state index < -0.39 is 10.0 Å². The van der Waals surface area contributed by atoms with E-state index in [1.807, 2.05) is 20.8 Å². The maximum absolute atomic E-state index is 13.4. The average molecular weight is 474 g/mol. The lowest BCUT2D eigenvalue weighted by atomic mass is 10.1. The topological polar surface area (TPSA) is 128 Å². The van der Waals surface area contributed by atoms with Gasteiger partial charge < -0.3 is 20.4 Å². The number of aromatic nitrogens is 2. The van der Waals surface area contributed by atoms with E-state index in [1.54, 1.807) is 13.8 Å². The molecule has 1 saturated heterocycles. The minimum Gasteiger partial charge on any atom is -0.485 e. The number of nitrogens with zero attached hydrogens (tertiary/aromatic N) is 2. The summed E-state index contributed by atoms with van der Waals surface area (Å²) in [6.07, 6.45) is 1.22. The van der Waals surface area contributed by atoms with Gasteiger partial charge in [0.2, 0.25) is 0 Å². The molecule has 3 N–H and O–H groups in total. The zero-order chi connectivity index (χ0) is 24.3. The first-order chi connectivity index (χ1) is 15.6. The Kier molecular flexibility index (Phi) is 7.57. The SMILES string of the molecule is CCCC(=N)c1nc(-c2cc(S(=O)(=O)N3C[C@@H](C)N[C@@H](C)C3)c#cc2OCC)[nH]c(=O)c1C. The number of H-pyrrole nitrogens is 1. The van der Waals surface area contributed by atoms with E-state index in [4.69, 9.17) is 10.1 Å². The highest BCUT2D eigenvalue weighted by Gasteiger charge is 2.32. The lowest BCUT2D eigenvalue weighted by Gasteiger charge is -2.35. The molecule has 0 aliphatic carbocycles. The molecule has 33 heavy (non-hydrogen) atoms. The van der Waals surface area contributed by atoms with Crippen molar-refractivity contribution in [1.29, 1.82) is 5.41 Å². The van der Waals surface area contributed by atoms with Gasteiger partial charge in [0.15, 0.2) is 5.75 Å². The Bertz CT molecular complexity index is 1180. The standard InChI is InChI=1S/C23H31N5O4S/c1-6-8-19(24)21-16(5)23(29)27-22(26-21)18-11-17(9-10-20(18)32-7-2)33(30,31)28-12-14(3)25-15(4)13-28/h11,14-15,24-25H,6-8,12-13H2,1-5H3,(H,26,27,29)/t14-,15+. The first kappa shape index (κ1) is 24.9.